The number of nitrogens with zero attached hydrogens (tertiary/aromatic N) is 5. The van der Waals surface area contributed by atoms with E-state index in [-0.39, 0.29) is 11.8 Å². The number of aromatic nitrogens is 2. The van der Waals surface area contributed by atoms with Crippen molar-refractivity contribution in [1.29, 1.82) is 0 Å². The Labute approximate surface area is 207 Å². The number of carbonyl (C=O) groups excluding carboxylic acids is 1. The normalized spacial score (nSPS) is 25.2. The van der Waals surface area contributed by atoms with Crippen LogP contribution in [0.25, 0.3) is 0 Å². The molecule has 0 atom stereocenters. The average Bonchev–Trinajstić information content (AvgIpc) is 3.38. The first-order chi connectivity index (χ1) is 17.0. The molecule has 35 heavy (non-hydrogen) atoms. The van der Waals surface area contributed by atoms with Crippen LogP contribution in [0.3, 0.4) is 0 Å². The van der Waals surface area contributed by atoms with Crippen LogP contribution in [-0.2, 0) is 30.9 Å². The van der Waals surface area contributed by atoms with Gasteiger partial charge in [0.2, 0.25) is 11.8 Å². The second-order valence-electron chi connectivity index (χ2n) is 10.1. The van der Waals surface area contributed by atoms with E-state index in [1.807, 2.05) is 4.90 Å². The maximum absolute atomic E-state index is 13.1. The predicted molar refractivity (Wildman–Crippen MR) is 126 cm³/mol. The standard InChI is InChI=1S/C23H37N5O6S/c29-23(20-3-9-27(10-4-20)35(30,31)28-11-15-33-16-12-28)26-7-1-18(2-8-26)17-21-24-22(25-34-21)19-5-13-32-14-6-19/h18-20H,1-17H2. The number of amides is 1. The van der Waals surface area contributed by atoms with Crippen molar-refractivity contribution in [2.45, 2.75) is 50.9 Å². The Hall–Kier alpha value is -1.60. The number of hydrogen-bond acceptors (Lipinski definition) is 8. The summed E-state index contributed by atoms with van der Waals surface area (Å²) in [6, 6.07) is 0. The summed E-state index contributed by atoms with van der Waals surface area (Å²) in [5.41, 5.74) is 0. The van der Waals surface area contributed by atoms with Gasteiger partial charge in [-0.3, -0.25) is 4.79 Å². The first kappa shape index (κ1) is 25.1. The lowest BCUT2D eigenvalue weighted by Gasteiger charge is -2.38. The fourth-order valence-electron chi connectivity index (χ4n) is 5.61. The lowest BCUT2D eigenvalue weighted by Crippen LogP contribution is -2.52. The SMILES string of the molecule is O=C(C1CCN(S(=O)(=O)N2CCOCC2)CC1)N1CCC(Cc2nc(C3CCOCC3)no2)CC1. The van der Waals surface area contributed by atoms with E-state index in [2.05, 4.69) is 10.1 Å². The minimum atomic E-state index is -3.47. The molecule has 4 aliphatic heterocycles. The van der Waals surface area contributed by atoms with Gasteiger partial charge in [0.15, 0.2) is 5.82 Å². The van der Waals surface area contributed by atoms with E-state index in [1.165, 1.54) is 8.61 Å². The third kappa shape index (κ3) is 5.87. The number of ether oxygens (including phenoxy) is 2. The van der Waals surface area contributed by atoms with E-state index >= 15 is 0 Å². The van der Waals surface area contributed by atoms with Gasteiger partial charge in [0, 0.05) is 70.7 Å². The molecule has 0 unspecified atom stereocenters. The molecule has 11 nitrogen and oxygen atoms in total. The zero-order chi connectivity index (χ0) is 24.3. The Balaban J connectivity index is 1.06. The van der Waals surface area contributed by atoms with E-state index in [0.717, 1.165) is 64.2 Å². The van der Waals surface area contributed by atoms with E-state index in [1.54, 1.807) is 0 Å². The van der Waals surface area contributed by atoms with Gasteiger partial charge in [0.1, 0.15) is 0 Å². The van der Waals surface area contributed by atoms with Crippen molar-refractivity contribution in [2.24, 2.45) is 11.8 Å². The molecular formula is C23H37N5O6S. The molecule has 4 aliphatic rings. The van der Waals surface area contributed by atoms with Gasteiger partial charge in [-0.25, -0.2) is 0 Å². The molecule has 0 aliphatic carbocycles. The van der Waals surface area contributed by atoms with Crippen molar-refractivity contribution in [3.8, 4) is 0 Å². The summed E-state index contributed by atoms with van der Waals surface area (Å²) in [6.45, 7) is 5.45. The first-order valence-corrected chi connectivity index (χ1v) is 14.4. The third-order valence-corrected chi connectivity index (χ3v) is 9.92. The molecule has 0 bridgehead atoms. The predicted octanol–water partition coefficient (Wildman–Crippen LogP) is 1.03. The summed E-state index contributed by atoms with van der Waals surface area (Å²) in [5, 5.41) is 4.20. The Morgan fingerprint density at radius 3 is 2.14 bits per heavy atom. The molecule has 196 valence electrons. The second kappa shape index (κ2) is 11.2. The summed E-state index contributed by atoms with van der Waals surface area (Å²) in [6.07, 6.45) is 5.65. The molecular weight excluding hydrogens is 474 g/mol. The minimum Gasteiger partial charge on any atom is -0.381 e. The number of morpholine rings is 1. The molecule has 1 aromatic rings. The van der Waals surface area contributed by atoms with Crippen molar-refractivity contribution in [1.82, 2.24) is 23.7 Å². The van der Waals surface area contributed by atoms with E-state index in [0.29, 0.717) is 70.0 Å². The number of hydrogen-bond donors (Lipinski definition) is 0. The van der Waals surface area contributed by atoms with Gasteiger partial charge in [-0.05, 0) is 44.4 Å². The van der Waals surface area contributed by atoms with E-state index in [4.69, 9.17) is 14.0 Å². The summed E-state index contributed by atoms with van der Waals surface area (Å²) in [5.74, 6) is 2.34. The van der Waals surface area contributed by atoms with Gasteiger partial charge < -0.3 is 18.9 Å². The lowest BCUT2D eigenvalue weighted by atomic mass is 9.91. The third-order valence-electron chi connectivity index (χ3n) is 7.89. The highest BCUT2D eigenvalue weighted by Crippen LogP contribution is 2.28. The molecule has 4 saturated heterocycles. The number of carbonyl (C=O) groups is 1. The summed E-state index contributed by atoms with van der Waals surface area (Å²) in [7, 11) is -3.47. The molecule has 1 amide bonds. The molecule has 0 aromatic carbocycles. The fourth-order valence-corrected chi connectivity index (χ4v) is 7.22. The molecule has 5 heterocycles. The van der Waals surface area contributed by atoms with Crippen molar-refractivity contribution >= 4 is 16.1 Å². The van der Waals surface area contributed by atoms with Crippen LogP contribution >= 0.6 is 0 Å². The van der Waals surface area contributed by atoms with Crippen molar-refractivity contribution in [2.75, 3.05) is 65.7 Å². The lowest BCUT2D eigenvalue weighted by molar-refractivity contribution is -0.138. The van der Waals surface area contributed by atoms with Gasteiger partial charge in [-0.15, -0.1) is 0 Å². The molecule has 0 radical (unpaired) electrons. The van der Waals surface area contributed by atoms with Crippen molar-refractivity contribution < 1.29 is 27.2 Å². The highest BCUT2D eigenvalue weighted by Gasteiger charge is 2.37. The highest BCUT2D eigenvalue weighted by atomic mass is 32.2. The molecule has 4 fully saturated rings. The van der Waals surface area contributed by atoms with Crippen LogP contribution in [-0.4, -0.2) is 104 Å². The largest absolute Gasteiger partial charge is 0.381 e. The zero-order valence-corrected chi connectivity index (χ0v) is 21.2. The maximum Gasteiger partial charge on any atom is 0.282 e. The molecule has 12 heteroatoms. The number of rotatable bonds is 6. The monoisotopic (exact) mass is 511 g/mol. The van der Waals surface area contributed by atoms with E-state index < -0.39 is 10.2 Å². The van der Waals surface area contributed by atoms with Crippen LogP contribution in [0, 0.1) is 11.8 Å². The maximum atomic E-state index is 13.1. The zero-order valence-electron chi connectivity index (χ0n) is 20.3. The highest BCUT2D eigenvalue weighted by molar-refractivity contribution is 7.86. The van der Waals surface area contributed by atoms with Crippen molar-refractivity contribution in [3.05, 3.63) is 11.7 Å². The smallest absolute Gasteiger partial charge is 0.282 e. The molecule has 0 saturated carbocycles. The number of likely N-dealkylation sites (tertiary alicyclic amines) is 1. The van der Waals surface area contributed by atoms with Crippen LogP contribution < -0.4 is 0 Å². The van der Waals surface area contributed by atoms with Crippen LogP contribution in [0.4, 0.5) is 0 Å². The van der Waals surface area contributed by atoms with E-state index in [9.17, 15) is 13.2 Å². The average molecular weight is 512 g/mol. The fraction of sp³-hybridized carbons (Fsp3) is 0.870. The van der Waals surface area contributed by atoms with Gasteiger partial charge in [-0.1, -0.05) is 5.16 Å². The van der Waals surface area contributed by atoms with Gasteiger partial charge in [0.05, 0.1) is 13.2 Å². The van der Waals surface area contributed by atoms with Crippen LogP contribution in [0.1, 0.15) is 56.2 Å². The van der Waals surface area contributed by atoms with Crippen molar-refractivity contribution in [3.63, 3.8) is 0 Å². The summed E-state index contributed by atoms with van der Waals surface area (Å²) in [4.78, 5) is 19.7. The Bertz CT molecular complexity index is 943. The Kier molecular flexibility index (Phi) is 8.02. The molecule has 0 N–H and O–H groups in total. The van der Waals surface area contributed by atoms with Gasteiger partial charge in [0.25, 0.3) is 10.2 Å². The topological polar surface area (TPSA) is 118 Å². The van der Waals surface area contributed by atoms with Crippen LogP contribution in [0.15, 0.2) is 4.52 Å². The molecule has 0 spiro atoms. The molecule has 5 rings (SSSR count). The van der Waals surface area contributed by atoms with Crippen LogP contribution in [0.2, 0.25) is 0 Å². The summed E-state index contributed by atoms with van der Waals surface area (Å²) < 4.78 is 45.0. The molecule has 1 aromatic heterocycles. The second-order valence-corrected chi connectivity index (χ2v) is 12.0. The Morgan fingerprint density at radius 1 is 0.829 bits per heavy atom. The van der Waals surface area contributed by atoms with Gasteiger partial charge in [-0.2, -0.15) is 22.0 Å². The van der Waals surface area contributed by atoms with Crippen LogP contribution in [0.5, 0.6) is 0 Å². The number of piperidine rings is 2. The minimum absolute atomic E-state index is 0.0966. The summed E-state index contributed by atoms with van der Waals surface area (Å²) >= 11 is 0. The Morgan fingerprint density at radius 2 is 1.46 bits per heavy atom. The quantitative estimate of drug-likeness (QED) is 0.556. The first-order valence-electron chi connectivity index (χ1n) is 13.0. The van der Waals surface area contributed by atoms with Gasteiger partial charge >= 0.3 is 0 Å².